The number of hydrogen-bond acceptors (Lipinski definition) is 2. The van der Waals surface area contributed by atoms with Crippen LogP contribution in [0.5, 0.6) is 0 Å². The van der Waals surface area contributed by atoms with Crippen LogP contribution in [0, 0.1) is 5.92 Å². The largest absolute Gasteiger partial charge is 0.353 e. The second-order valence-corrected chi connectivity index (χ2v) is 5.45. The summed E-state index contributed by atoms with van der Waals surface area (Å²) in [6.07, 6.45) is 3.70. The predicted octanol–water partition coefficient (Wildman–Crippen LogP) is 2.12. The number of carbonyl (C=O) groups excluding carboxylic acids is 1. The molecule has 1 aliphatic heterocycles. The monoisotopic (exact) mass is 260 g/mol. The van der Waals surface area contributed by atoms with Crippen molar-refractivity contribution in [1.29, 1.82) is 0 Å². The SMILES string of the molecule is CC(NC(=O)CCCc1ccccc1)C1CCNC1. The van der Waals surface area contributed by atoms with Crippen molar-refractivity contribution in [3.63, 3.8) is 0 Å². The van der Waals surface area contributed by atoms with Gasteiger partial charge in [-0.3, -0.25) is 4.79 Å². The standard InChI is InChI=1S/C16H24N2O/c1-13(15-10-11-17-12-15)18-16(19)9-5-8-14-6-3-2-4-7-14/h2-4,6-7,13,15,17H,5,8-12H2,1H3,(H,18,19). The van der Waals surface area contributed by atoms with Gasteiger partial charge in [-0.2, -0.15) is 0 Å². The molecule has 1 aromatic rings. The second kappa shape index (κ2) is 7.29. The molecule has 1 saturated heterocycles. The first-order chi connectivity index (χ1) is 9.25. The predicted molar refractivity (Wildman–Crippen MR) is 78.0 cm³/mol. The minimum atomic E-state index is 0.190. The lowest BCUT2D eigenvalue weighted by molar-refractivity contribution is -0.122. The summed E-state index contributed by atoms with van der Waals surface area (Å²) in [4.78, 5) is 11.9. The summed E-state index contributed by atoms with van der Waals surface area (Å²) < 4.78 is 0. The molecule has 104 valence electrons. The van der Waals surface area contributed by atoms with Crippen LogP contribution in [-0.4, -0.2) is 25.0 Å². The molecule has 0 spiro atoms. The zero-order chi connectivity index (χ0) is 13.5. The van der Waals surface area contributed by atoms with Gasteiger partial charge >= 0.3 is 0 Å². The highest BCUT2D eigenvalue weighted by Crippen LogP contribution is 2.12. The Kier molecular flexibility index (Phi) is 5.40. The van der Waals surface area contributed by atoms with Gasteiger partial charge in [0, 0.05) is 12.5 Å². The van der Waals surface area contributed by atoms with Crippen LogP contribution in [0.15, 0.2) is 30.3 Å². The van der Waals surface area contributed by atoms with Gasteiger partial charge in [0.2, 0.25) is 5.91 Å². The van der Waals surface area contributed by atoms with Crippen molar-refractivity contribution in [1.82, 2.24) is 10.6 Å². The van der Waals surface area contributed by atoms with E-state index in [0.29, 0.717) is 18.4 Å². The van der Waals surface area contributed by atoms with Crippen LogP contribution in [0.2, 0.25) is 0 Å². The van der Waals surface area contributed by atoms with Crippen molar-refractivity contribution >= 4 is 5.91 Å². The van der Waals surface area contributed by atoms with E-state index in [-0.39, 0.29) is 5.91 Å². The molecule has 1 fully saturated rings. The Hall–Kier alpha value is -1.35. The summed E-state index contributed by atoms with van der Waals surface area (Å²) in [5.74, 6) is 0.786. The van der Waals surface area contributed by atoms with E-state index in [0.717, 1.165) is 25.9 Å². The molecule has 2 N–H and O–H groups in total. The highest BCUT2D eigenvalue weighted by Gasteiger charge is 2.22. The van der Waals surface area contributed by atoms with E-state index in [9.17, 15) is 4.79 Å². The second-order valence-electron chi connectivity index (χ2n) is 5.45. The Labute approximate surface area is 115 Å². The molecule has 0 bridgehead atoms. The number of benzene rings is 1. The van der Waals surface area contributed by atoms with Crippen LogP contribution in [0.1, 0.15) is 31.7 Å². The summed E-state index contributed by atoms with van der Waals surface area (Å²) in [5, 5.41) is 6.47. The molecule has 2 rings (SSSR count). The van der Waals surface area contributed by atoms with Crippen LogP contribution in [0.4, 0.5) is 0 Å². The molecule has 2 unspecified atom stereocenters. The first-order valence-corrected chi connectivity index (χ1v) is 7.29. The fraction of sp³-hybridized carbons (Fsp3) is 0.562. The maximum Gasteiger partial charge on any atom is 0.220 e. The quantitative estimate of drug-likeness (QED) is 0.822. The van der Waals surface area contributed by atoms with Crippen molar-refractivity contribution in [3.05, 3.63) is 35.9 Å². The lowest BCUT2D eigenvalue weighted by Crippen LogP contribution is -2.38. The van der Waals surface area contributed by atoms with Crippen molar-refractivity contribution in [2.45, 2.75) is 38.6 Å². The summed E-state index contributed by atoms with van der Waals surface area (Å²) in [5.41, 5.74) is 1.31. The topological polar surface area (TPSA) is 41.1 Å². The van der Waals surface area contributed by atoms with E-state index >= 15 is 0 Å². The molecular weight excluding hydrogens is 236 g/mol. The number of amides is 1. The Morgan fingerprint density at radius 2 is 2.21 bits per heavy atom. The van der Waals surface area contributed by atoms with Crippen molar-refractivity contribution in [2.75, 3.05) is 13.1 Å². The van der Waals surface area contributed by atoms with E-state index < -0.39 is 0 Å². The molecule has 19 heavy (non-hydrogen) atoms. The first kappa shape index (κ1) is 14.1. The zero-order valence-corrected chi connectivity index (χ0v) is 11.7. The van der Waals surface area contributed by atoms with Crippen molar-refractivity contribution in [2.24, 2.45) is 5.92 Å². The molecule has 3 heteroatoms. The van der Waals surface area contributed by atoms with Crippen LogP contribution < -0.4 is 10.6 Å². The Balaban J connectivity index is 1.64. The van der Waals surface area contributed by atoms with E-state index in [2.05, 4.69) is 29.7 Å². The number of carbonyl (C=O) groups is 1. The maximum atomic E-state index is 11.9. The summed E-state index contributed by atoms with van der Waals surface area (Å²) >= 11 is 0. The Morgan fingerprint density at radius 1 is 1.42 bits per heavy atom. The third kappa shape index (κ3) is 4.67. The van der Waals surface area contributed by atoms with Crippen molar-refractivity contribution in [3.8, 4) is 0 Å². The number of hydrogen-bond donors (Lipinski definition) is 2. The summed E-state index contributed by atoms with van der Waals surface area (Å²) in [6, 6.07) is 10.6. The molecule has 3 nitrogen and oxygen atoms in total. The minimum Gasteiger partial charge on any atom is -0.353 e. The van der Waals surface area contributed by atoms with E-state index in [1.165, 1.54) is 12.0 Å². The average molecular weight is 260 g/mol. The average Bonchev–Trinajstić information content (AvgIpc) is 2.94. The first-order valence-electron chi connectivity index (χ1n) is 7.29. The lowest BCUT2D eigenvalue weighted by Gasteiger charge is -2.19. The van der Waals surface area contributed by atoms with Crippen LogP contribution in [0.25, 0.3) is 0 Å². The van der Waals surface area contributed by atoms with Gasteiger partial charge in [0.25, 0.3) is 0 Å². The molecular formula is C16H24N2O. The highest BCUT2D eigenvalue weighted by molar-refractivity contribution is 5.76. The molecule has 1 amide bonds. The van der Waals surface area contributed by atoms with Gasteiger partial charge in [-0.05, 0) is 50.8 Å². The van der Waals surface area contributed by atoms with Gasteiger partial charge < -0.3 is 10.6 Å². The fourth-order valence-corrected chi connectivity index (χ4v) is 2.65. The Bertz CT molecular complexity index is 385. The fourth-order valence-electron chi connectivity index (χ4n) is 2.65. The van der Waals surface area contributed by atoms with E-state index in [4.69, 9.17) is 0 Å². The molecule has 0 aliphatic carbocycles. The smallest absolute Gasteiger partial charge is 0.220 e. The summed E-state index contributed by atoms with van der Waals surface area (Å²) in [6.45, 7) is 4.23. The number of rotatable bonds is 6. The third-order valence-electron chi connectivity index (χ3n) is 3.91. The number of nitrogens with one attached hydrogen (secondary N) is 2. The molecule has 2 atom stereocenters. The van der Waals surface area contributed by atoms with E-state index in [1.54, 1.807) is 0 Å². The molecule has 1 aliphatic rings. The van der Waals surface area contributed by atoms with Crippen LogP contribution in [0.3, 0.4) is 0 Å². The molecule has 0 radical (unpaired) electrons. The molecule has 1 heterocycles. The van der Waals surface area contributed by atoms with Gasteiger partial charge in [-0.1, -0.05) is 30.3 Å². The minimum absolute atomic E-state index is 0.190. The third-order valence-corrected chi connectivity index (χ3v) is 3.91. The van der Waals surface area contributed by atoms with Crippen LogP contribution in [-0.2, 0) is 11.2 Å². The Morgan fingerprint density at radius 3 is 2.89 bits per heavy atom. The normalized spacial score (nSPS) is 20.2. The zero-order valence-electron chi connectivity index (χ0n) is 11.7. The number of aryl methyl sites for hydroxylation is 1. The molecule has 0 aromatic heterocycles. The van der Waals surface area contributed by atoms with E-state index in [1.807, 2.05) is 18.2 Å². The maximum absolute atomic E-state index is 11.9. The van der Waals surface area contributed by atoms with Gasteiger partial charge in [0.1, 0.15) is 0 Å². The molecule has 1 aromatic carbocycles. The van der Waals surface area contributed by atoms with Gasteiger partial charge in [0.05, 0.1) is 0 Å². The lowest BCUT2D eigenvalue weighted by atomic mass is 10.0. The van der Waals surface area contributed by atoms with Gasteiger partial charge in [-0.25, -0.2) is 0 Å². The van der Waals surface area contributed by atoms with Gasteiger partial charge in [-0.15, -0.1) is 0 Å². The molecule has 0 saturated carbocycles. The summed E-state index contributed by atoms with van der Waals surface area (Å²) in [7, 11) is 0. The van der Waals surface area contributed by atoms with Crippen molar-refractivity contribution < 1.29 is 4.79 Å². The van der Waals surface area contributed by atoms with Gasteiger partial charge in [0.15, 0.2) is 0 Å². The highest BCUT2D eigenvalue weighted by atomic mass is 16.1. The van der Waals surface area contributed by atoms with Crippen LogP contribution >= 0.6 is 0 Å².